The van der Waals surface area contributed by atoms with Crippen LogP contribution < -0.4 is 15.8 Å². The largest absolute Gasteiger partial charge is 0.492 e. The van der Waals surface area contributed by atoms with E-state index < -0.39 is 0 Å². The predicted octanol–water partition coefficient (Wildman–Crippen LogP) is 1.77. The molecule has 1 heterocycles. The van der Waals surface area contributed by atoms with Gasteiger partial charge in [-0.3, -0.25) is 4.99 Å². The molecule has 1 aliphatic heterocycles. The van der Waals surface area contributed by atoms with Crippen LogP contribution in [0.5, 0.6) is 5.75 Å². The van der Waals surface area contributed by atoms with Gasteiger partial charge >= 0.3 is 0 Å². The fourth-order valence-corrected chi connectivity index (χ4v) is 2.41. The Morgan fingerprint density at radius 1 is 1.38 bits per heavy atom. The minimum atomic E-state index is 0.233. The summed E-state index contributed by atoms with van der Waals surface area (Å²) in [5, 5.41) is 3.05. The molecule has 5 nitrogen and oxygen atoms in total. The van der Waals surface area contributed by atoms with Crippen LogP contribution in [0.1, 0.15) is 24.0 Å². The predicted molar refractivity (Wildman–Crippen MR) is 84.9 cm³/mol. The van der Waals surface area contributed by atoms with E-state index in [9.17, 15) is 0 Å². The lowest BCUT2D eigenvalue weighted by atomic mass is 10.1. The number of nitrogens with two attached hydrogens (primary N) is 1. The first-order valence-corrected chi connectivity index (χ1v) is 7.50. The molecule has 0 bridgehead atoms. The number of guanidine groups is 1. The fraction of sp³-hybridized carbons (Fsp3) is 0.562. The van der Waals surface area contributed by atoms with Crippen molar-refractivity contribution in [1.29, 1.82) is 0 Å². The first-order valence-electron chi connectivity index (χ1n) is 7.50. The molecule has 1 aromatic carbocycles. The quantitative estimate of drug-likeness (QED) is 0.476. The molecule has 0 spiro atoms. The van der Waals surface area contributed by atoms with Crippen molar-refractivity contribution in [3.8, 4) is 5.75 Å². The number of hydrogen-bond acceptors (Lipinski definition) is 3. The maximum absolute atomic E-state index is 5.81. The van der Waals surface area contributed by atoms with Crippen molar-refractivity contribution < 1.29 is 9.47 Å². The third-order valence-electron chi connectivity index (χ3n) is 3.36. The van der Waals surface area contributed by atoms with Crippen LogP contribution in [0.4, 0.5) is 0 Å². The number of aliphatic imine (C=N–C) groups is 1. The van der Waals surface area contributed by atoms with Gasteiger partial charge < -0.3 is 20.5 Å². The van der Waals surface area contributed by atoms with Crippen LogP contribution in [0, 0.1) is 13.8 Å². The van der Waals surface area contributed by atoms with Crippen molar-refractivity contribution in [2.45, 2.75) is 32.8 Å². The van der Waals surface area contributed by atoms with Crippen molar-refractivity contribution in [1.82, 2.24) is 5.32 Å². The fourth-order valence-electron chi connectivity index (χ4n) is 2.41. The zero-order valence-corrected chi connectivity index (χ0v) is 12.9. The lowest BCUT2D eigenvalue weighted by Gasteiger charge is -2.10. The molecule has 0 radical (unpaired) electrons. The van der Waals surface area contributed by atoms with E-state index in [-0.39, 0.29) is 6.10 Å². The van der Waals surface area contributed by atoms with Crippen LogP contribution in [-0.2, 0) is 4.74 Å². The first kappa shape index (κ1) is 15.6. The maximum Gasteiger partial charge on any atom is 0.188 e. The average molecular weight is 291 g/mol. The number of aryl methyl sites for hydroxylation is 2. The monoisotopic (exact) mass is 291 g/mol. The van der Waals surface area contributed by atoms with Crippen LogP contribution in [-0.4, -0.2) is 38.4 Å². The summed E-state index contributed by atoms with van der Waals surface area (Å²) in [4.78, 5) is 4.28. The van der Waals surface area contributed by atoms with Crippen LogP contribution >= 0.6 is 0 Å². The third-order valence-corrected chi connectivity index (χ3v) is 3.36. The summed E-state index contributed by atoms with van der Waals surface area (Å²) in [5.41, 5.74) is 8.22. The molecule has 1 aliphatic rings. The Morgan fingerprint density at radius 2 is 2.14 bits per heavy atom. The number of hydrogen-bond donors (Lipinski definition) is 2. The van der Waals surface area contributed by atoms with E-state index in [1.165, 1.54) is 11.1 Å². The van der Waals surface area contributed by atoms with Gasteiger partial charge in [0, 0.05) is 6.61 Å². The van der Waals surface area contributed by atoms with Gasteiger partial charge in [-0.1, -0.05) is 6.07 Å². The van der Waals surface area contributed by atoms with Crippen LogP contribution in [0.25, 0.3) is 0 Å². The average Bonchev–Trinajstić information content (AvgIpc) is 2.93. The van der Waals surface area contributed by atoms with E-state index in [0.717, 1.165) is 25.2 Å². The summed E-state index contributed by atoms with van der Waals surface area (Å²) >= 11 is 0. The molecule has 1 fully saturated rings. The Kier molecular flexibility index (Phi) is 5.87. The summed E-state index contributed by atoms with van der Waals surface area (Å²) in [6, 6.07) is 6.19. The van der Waals surface area contributed by atoms with Gasteiger partial charge in [-0.15, -0.1) is 0 Å². The second kappa shape index (κ2) is 7.88. The van der Waals surface area contributed by atoms with E-state index in [1.807, 2.05) is 12.1 Å². The van der Waals surface area contributed by atoms with Gasteiger partial charge in [-0.05, 0) is 49.9 Å². The van der Waals surface area contributed by atoms with Gasteiger partial charge in [0.25, 0.3) is 0 Å². The Bertz CT molecular complexity index is 462. The second-order valence-corrected chi connectivity index (χ2v) is 5.46. The van der Waals surface area contributed by atoms with Crippen molar-refractivity contribution in [3.05, 3.63) is 29.3 Å². The van der Waals surface area contributed by atoms with Gasteiger partial charge in [0.2, 0.25) is 0 Å². The standard InChI is InChI=1S/C16H25N3O2/c1-12-8-13(2)10-15(9-12)21-7-5-18-16(17)19-11-14-4-3-6-20-14/h8-10,14H,3-7,11H2,1-2H3,(H3,17,18,19). The first-order chi connectivity index (χ1) is 10.1. The highest BCUT2D eigenvalue weighted by molar-refractivity contribution is 5.77. The summed E-state index contributed by atoms with van der Waals surface area (Å²) in [6.45, 7) is 6.79. The number of nitrogens with one attached hydrogen (secondary N) is 1. The van der Waals surface area contributed by atoms with Gasteiger partial charge in [-0.2, -0.15) is 0 Å². The Balaban J connectivity index is 1.65. The normalized spacial score (nSPS) is 18.8. The second-order valence-electron chi connectivity index (χ2n) is 5.46. The molecule has 1 atom stereocenters. The molecule has 2 rings (SSSR count). The van der Waals surface area contributed by atoms with Gasteiger partial charge in [0.05, 0.1) is 19.2 Å². The van der Waals surface area contributed by atoms with Crippen molar-refractivity contribution in [2.75, 3.05) is 26.3 Å². The van der Waals surface area contributed by atoms with Crippen LogP contribution in [0.3, 0.4) is 0 Å². The maximum atomic E-state index is 5.81. The molecule has 0 amide bonds. The molecule has 5 heteroatoms. The topological polar surface area (TPSA) is 68.9 Å². The van der Waals surface area contributed by atoms with Gasteiger partial charge in [0.1, 0.15) is 12.4 Å². The highest BCUT2D eigenvalue weighted by Crippen LogP contribution is 2.15. The zero-order valence-electron chi connectivity index (χ0n) is 12.9. The Morgan fingerprint density at radius 3 is 2.81 bits per heavy atom. The van der Waals surface area contributed by atoms with Crippen molar-refractivity contribution in [3.63, 3.8) is 0 Å². The summed E-state index contributed by atoms with van der Waals surface area (Å²) in [7, 11) is 0. The van der Waals surface area contributed by atoms with E-state index in [0.29, 0.717) is 25.7 Å². The van der Waals surface area contributed by atoms with Crippen molar-refractivity contribution >= 4 is 5.96 Å². The van der Waals surface area contributed by atoms with E-state index in [1.54, 1.807) is 0 Å². The van der Waals surface area contributed by atoms with E-state index in [2.05, 4.69) is 30.2 Å². The third kappa shape index (κ3) is 5.63. The van der Waals surface area contributed by atoms with Crippen molar-refractivity contribution in [2.24, 2.45) is 10.7 Å². The smallest absolute Gasteiger partial charge is 0.188 e. The molecule has 0 aliphatic carbocycles. The zero-order chi connectivity index (χ0) is 15.1. The minimum Gasteiger partial charge on any atom is -0.492 e. The molecule has 1 aromatic rings. The molecular weight excluding hydrogens is 266 g/mol. The Labute approximate surface area is 126 Å². The van der Waals surface area contributed by atoms with Gasteiger partial charge in [0.15, 0.2) is 5.96 Å². The molecule has 116 valence electrons. The minimum absolute atomic E-state index is 0.233. The molecular formula is C16H25N3O2. The van der Waals surface area contributed by atoms with Crippen LogP contribution in [0.15, 0.2) is 23.2 Å². The lowest BCUT2D eigenvalue weighted by Crippen LogP contribution is -2.35. The SMILES string of the molecule is Cc1cc(C)cc(OCCNC(N)=NCC2CCCO2)c1. The Hall–Kier alpha value is -1.75. The molecule has 0 saturated carbocycles. The molecule has 21 heavy (non-hydrogen) atoms. The number of benzene rings is 1. The van der Waals surface area contributed by atoms with Crippen LogP contribution in [0.2, 0.25) is 0 Å². The summed E-state index contributed by atoms with van der Waals surface area (Å²) in [5.74, 6) is 1.35. The molecule has 1 unspecified atom stereocenters. The molecule has 1 saturated heterocycles. The number of nitrogens with zero attached hydrogens (tertiary/aromatic N) is 1. The van der Waals surface area contributed by atoms with Gasteiger partial charge in [-0.25, -0.2) is 0 Å². The highest BCUT2D eigenvalue weighted by atomic mass is 16.5. The molecule has 0 aromatic heterocycles. The summed E-state index contributed by atoms with van der Waals surface area (Å²) in [6.07, 6.45) is 2.43. The number of ether oxygens (including phenoxy) is 2. The summed E-state index contributed by atoms with van der Waals surface area (Å²) < 4.78 is 11.2. The lowest BCUT2D eigenvalue weighted by molar-refractivity contribution is 0.117. The molecule has 3 N–H and O–H groups in total. The van der Waals surface area contributed by atoms with E-state index >= 15 is 0 Å². The highest BCUT2D eigenvalue weighted by Gasteiger charge is 2.14. The number of rotatable bonds is 6. The van der Waals surface area contributed by atoms with E-state index in [4.69, 9.17) is 15.2 Å².